The fourth-order valence-corrected chi connectivity index (χ4v) is 2.86. The Morgan fingerprint density at radius 2 is 1.85 bits per heavy atom. The molecule has 4 rings (SSSR count). The molecule has 0 saturated heterocycles. The van der Waals surface area contributed by atoms with Gasteiger partial charge in [0.05, 0.1) is 16.6 Å². The number of hydrogen-bond donors (Lipinski definition) is 1. The van der Waals surface area contributed by atoms with E-state index in [1.165, 1.54) is 12.1 Å². The van der Waals surface area contributed by atoms with Gasteiger partial charge in [0, 0.05) is 16.7 Å². The van der Waals surface area contributed by atoms with Gasteiger partial charge in [0.2, 0.25) is 0 Å². The summed E-state index contributed by atoms with van der Waals surface area (Å²) in [4.78, 5) is 7.77. The predicted octanol–water partition coefficient (Wildman–Crippen LogP) is 5.74. The Bertz CT molecular complexity index is 1060. The van der Waals surface area contributed by atoms with Crippen molar-refractivity contribution in [2.75, 3.05) is 0 Å². The molecule has 3 nitrogen and oxygen atoms in total. The van der Waals surface area contributed by atoms with Gasteiger partial charge in [-0.05, 0) is 42.5 Å². The third kappa shape index (κ3) is 3.26. The van der Waals surface area contributed by atoms with E-state index in [-0.39, 0.29) is 12.2 Å². The highest BCUT2D eigenvalue weighted by Crippen LogP contribution is 2.32. The van der Waals surface area contributed by atoms with Crippen molar-refractivity contribution in [3.8, 4) is 17.1 Å². The van der Waals surface area contributed by atoms with E-state index in [1.807, 2.05) is 24.3 Å². The summed E-state index contributed by atoms with van der Waals surface area (Å²) in [5, 5.41) is 0.528. The summed E-state index contributed by atoms with van der Waals surface area (Å²) in [7, 11) is 0. The number of para-hydroxylation sites is 2. The standard InChI is InChI=1S/C20H13ClF2N2O/c21-13-6-8-19(26-11-12-5-7-14(22)10-16(12)23)15(9-13)20-24-17-3-1-2-4-18(17)25-20/h1-10H,11H2,(H,24,25). The molecule has 26 heavy (non-hydrogen) atoms. The third-order valence-corrected chi connectivity index (χ3v) is 4.22. The molecule has 3 aromatic carbocycles. The van der Waals surface area contributed by atoms with Crippen LogP contribution in [-0.4, -0.2) is 9.97 Å². The number of rotatable bonds is 4. The number of aromatic nitrogens is 2. The molecule has 0 atom stereocenters. The maximum absolute atomic E-state index is 13.8. The third-order valence-electron chi connectivity index (χ3n) is 3.98. The quantitative estimate of drug-likeness (QED) is 0.497. The number of H-pyrrole nitrogens is 1. The molecule has 0 radical (unpaired) electrons. The number of ether oxygens (including phenoxy) is 1. The molecule has 0 saturated carbocycles. The minimum Gasteiger partial charge on any atom is -0.488 e. The zero-order chi connectivity index (χ0) is 18.1. The van der Waals surface area contributed by atoms with Crippen LogP contribution in [0.5, 0.6) is 5.75 Å². The van der Waals surface area contributed by atoms with Crippen molar-refractivity contribution in [3.63, 3.8) is 0 Å². The second kappa shape index (κ2) is 6.77. The zero-order valence-corrected chi connectivity index (χ0v) is 14.2. The molecule has 4 aromatic rings. The topological polar surface area (TPSA) is 37.9 Å². The lowest BCUT2D eigenvalue weighted by Gasteiger charge is -2.11. The van der Waals surface area contributed by atoms with Gasteiger partial charge in [-0.2, -0.15) is 0 Å². The van der Waals surface area contributed by atoms with Crippen molar-refractivity contribution < 1.29 is 13.5 Å². The molecule has 0 aliphatic heterocycles. The van der Waals surface area contributed by atoms with E-state index in [0.717, 1.165) is 17.1 Å². The van der Waals surface area contributed by atoms with Crippen molar-refractivity contribution in [3.05, 3.63) is 82.9 Å². The van der Waals surface area contributed by atoms with Crippen molar-refractivity contribution >= 4 is 22.6 Å². The van der Waals surface area contributed by atoms with Crippen LogP contribution < -0.4 is 4.74 Å². The highest BCUT2D eigenvalue weighted by Gasteiger charge is 2.13. The number of fused-ring (bicyclic) bond motifs is 1. The lowest BCUT2D eigenvalue weighted by atomic mass is 10.2. The molecule has 1 aromatic heterocycles. The van der Waals surface area contributed by atoms with E-state index in [2.05, 4.69) is 9.97 Å². The highest BCUT2D eigenvalue weighted by molar-refractivity contribution is 6.30. The van der Waals surface area contributed by atoms with Crippen molar-refractivity contribution in [2.24, 2.45) is 0 Å². The van der Waals surface area contributed by atoms with E-state index in [1.54, 1.807) is 18.2 Å². The number of imidazole rings is 1. The van der Waals surface area contributed by atoms with Gasteiger partial charge >= 0.3 is 0 Å². The van der Waals surface area contributed by atoms with Gasteiger partial charge in [-0.1, -0.05) is 23.7 Å². The van der Waals surface area contributed by atoms with Gasteiger partial charge in [0.1, 0.15) is 29.8 Å². The number of hydrogen-bond acceptors (Lipinski definition) is 2. The fourth-order valence-electron chi connectivity index (χ4n) is 2.69. The van der Waals surface area contributed by atoms with E-state index in [0.29, 0.717) is 22.2 Å². The summed E-state index contributed by atoms with van der Waals surface area (Å²) in [6.45, 7) is -0.0407. The van der Waals surface area contributed by atoms with Gasteiger partial charge in [-0.25, -0.2) is 13.8 Å². The van der Waals surface area contributed by atoms with Gasteiger partial charge in [0.25, 0.3) is 0 Å². The Morgan fingerprint density at radius 3 is 2.65 bits per heavy atom. The van der Waals surface area contributed by atoms with E-state index >= 15 is 0 Å². The highest BCUT2D eigenvalue weighted by atomic mass is 35.5. The molecule has 130 valence electrons. The van der Waals surface area contributed by atoms with Crippen LogP contribution in [0.3, 0.4) is 0 Å². The van der Waals surface area contributed by atoms with Crippen LogP contribution >= 0.6 is 11.6 Å². The van der Waals surface area contributed by atoms with Crippen LogP contribution in [-0.2, 0) is 6.61 Å². The maximum Gasteiger partial charge on any atom is 0.142 e. The molecule has 0 fully saturated rings. The van der Waals surface area contributed by atoms with Crippen molar-refractivity contribution in [1.29, 1.82) is 0 Å². The van der Waals surface area contributed by atoms with Gasteiger partial charge in [0.15, 0.2) is 0 Å². The van der Waals surface area contributed by atoms with E-state index < -0.39 is 11.6 Å². The summed E-state index contributed by atoms with van der Waals surface area (Å²) in [6.07, 6.45) is 0. The van der Waals surface area contributed by atoms with Gasteiger partial charge < -0.3 is 9.72 Å². The summed E-state index contributed by atoms with van der Waals surface area (Å²) in [6, 6.07) is 16.1. The number of nitrogens with one attached hydrogen (secondary N) is 1. The van der Waals surface area contributed by atoms with Crippen LogP contribution in [0.1, 0.15) is 5.56 Å². The normalized spacial score (nSPS) is 11.0. The first-order valence-corrected chi connectivity index (χ1v) is 8.29. The summed E-state index contributed by atoms with van der Waals surface area (Å²) >= 11 is 6.13. The molecular weight excluding hydrogens is 358 g/mol. The Morgan fingerprint density at radius 1 is 1.00 bits per heavy atom. The minimum atomic E-state index is -0.649. The maximum atomic E-state index is 13.8. The smallest absolute Gasteiger partial charge is 0.142 e. The first kappa shape index (κ1) is 16.5. The lowest BCUT2D eigenvalue weighted by Crippen LogP contribution is -2.00. The first-order valence-electron chi connectivity index (χ1n) is 7.91. The second-order valence-electron chi connectivity index (χ2n) is 5.77. The molecule has 0 unspecified atom stereocenters. The van der Waals surface area contributed by atoms with Crippen LogP contribution in [0, 0.1) is 11.6 Å². The molecule has 0 aliphatic carbocycles. The number of aromatic amines is 1. The van der Waals surface area contributed by atoms with Crippen LogP contribution in [0.15, 0.2) is 60.7 Å². The van der Waals surface area contributed by atoms with Crippen LogP contribution in [0.2, 0.25) is 5.02 Å². The van der Waals surface area contributed by atoms with Crippen molar-refractivity contribution in [1.82, 2.24) is 9.97 Å². The number of nitrogens with zero attached hydrogens (tertiary/aromatic N) is 1. The number of benzene rings is 3. The molecule has 6 heteroatoms. The van der Waals surface area contributed by atoms with Gasteiger partial charge in [-0.15, -0.1) is 0 Å². The van der Waals surface area contributed by atoms with E-state index in [9.17, 15) is 8.78 Å². The molecule has 1 heterocycles. The second-order valence-corrected chi connectivity index (χ2v) is 6.20. The molecule has 0 spiro atoms. The SMILES string of the molecule is Fc1ccc(COc2ccc(Cl)cc2-c2nc3ccccc3[nH]2)c(F)c1. The predicted molar refractivity (Wildman–Crippen MR) is 97.2 cm³/mol. The Balaban J connectivity index is 1.68. The Hall–Kier alpha value is -2.92. The minimum absolute atomic E-state index is 0.0407. The molecule has 0 amide bonds. The fraction of sp³-hybridized carbons (Fsp3) is 0.0500. The largest absolute Gasteiger partial charge is 0.488 e. The molecule has 0 bridgehead atoms. The molecule has 1 N–H and O–H groups in total. The Labute approximate surface area is 153 Å². The van der Waals surface area contributed by atoms with Crippen molar-refractivity contribution in [2.45, 2.75) is 6.61 Å². The summed E-state index contributed by atoms with van der Waals surface area (Å²) < 4.78 is 32.6. The van der Waals surface area contributed by atoms with Gasteiger partial charge in [-0.3, -0.25) is 0 Å². The average molecular weight is 371 g/mol. The monoisotopic (exact) mass is 370 g/mol. The van der Waals surface area contributed by atoms with Crippen LogP contribution in [0.4, 0.5) is 8.78 Å². The zero-order valence-electron chi connectivity index (χ0n) is 13.5. The Kier molecular flexibility index (Phi) is 4.31. The lowest BCUT2D eigenvalue weighted by molar-refractivity contribution is 0.300. The molecule has 0 aliphatic rings. The number of halogens is 3. The van der Waals surface area contributed by atoms with E-state index in [4.69, 9.17) is 16.3 Å². The summed E-state index contributed by atoms with van der Waals surface area (Å²) in [5.74, 6) is -0.176. The first-order chi connectivity index (χ1) is 12.6. The molecular formula is C20H13ClF2N2O. The summed E-state index contributed by atoms with van der Waals surface area (Å²) in [5.41, 5.74) is 2.63. The average Bonchev–Trinajstić information content (AvgIpc) is 3.06. The van der Waals surface area contributed by atoms with Crippen LogP contribution in [0.25, 0.3) is 22.4 Å².